The molecule has 1 aliphatic heterocycles. The summed E-state index contributed by atoms with van der Waals surface area (Å²) in [5.74, 6) is -0.965. The molecule has 4 N–H and O–H groups in total. The lowest BCUT2D eigenvalue weighted by atomic mass is 10.1. The van der Waals surface area contributed by atoms with E-state index in [9.17, 15) is 14.4 Å². The van der Waals surface area contributed by atoms with Crippen molar-refractivity contribution in [2.24, 2.45) is 5.73 Å². The van der Waals surface area contributed by atoms with Crippen LogP contribution in [-0.2, 0) is 4.79 Å². The van der Waals surface area contributed by atoms with Gasteiger partial charge in [0.25, 0.3) is 11.8 Å². The quantitative estimate of drug-likeness (QED) is 0.698. The van der Waals surface area contributed by atoms with E-state index in [1.165, 1.54) is 12.1 Å². The van der Waals surface area contributed by atoms with Crippen molar-refractivity contribution < 1.29 is 14.4 Å². The van der Waals surface area contributed by atoms with E-state index >= 15 is 0 Å². The van der Waals surface area contributed by atoms with Gasteiger partial charge >= 0.3 is 0 Å². The van der Waals surface area contributed by atoms with Crippen LogP contribution in [0.3, 0.4) is 0 Å². The van der Waals surface area contributed by atoms with E-state index in [1.54, 1.807) is 6.07 Å². The lowest BCUT2D eigenvalue weighted by Crippen LogP contribution is -2.19. The first-order chi connectivity index (χ1) is 9.47. The SMILES string of the molecule is CC(N)CCCC(=O)Nc1ccc2c(c1)C(=O)NC2=O. The Morgan fingerprint density at radius 1 is 1.30 bits per heavy atom. The van der Waals surface area contributed by atoms with Crippen LogP contribution in [0, 0.1) is 0 Å². The third-order valence-corrected chi connectivity index (χ3v) is 3.08. The van der Waals surface area contributed by atoms with Gasteiger partial charge < -0.3 is 11.1 Å². The van der Waals surface area contributed by atoms with Crippen LogP contribution in [-0.4, -0.2) is 23.8 Å². The molecule has 106 valence electrons. The number of hydrogen-bond acceptors (Lipinski definition) is 4. The number of carbonyl (C=O) groups excluding carboxylic acids is 3. The molecule has 6 heteroatoms. The maximum Gasteiger partial charge on any atom is 0.259 e. The summed E-state index contributed by atoms with van der Waals surface area (Å²) in [6.07, 6.45) is 1.88. The van der Waals surface area contributed by atoms with Gasteiger partial charge in [0, 0.05) is 18.2 Å². The Balaban J connectivity index is 1.98. The molecule has 1 heterocycles. The zero-order chi connectivity index (χ0) is 14.7. The first-order valence-electron chi connectivity index (χ1n) is 6.52. The summed E-state index contributed by atoms with van der Waals surface area (Å²) >= 11 is 0. The molecule has 0 bridgehead atoms. The Labute approximate surface area is 116 Å². The zero-order valence-electron chi connectivity index (χ0n) is 11.2. The average molecular weight is 275 g/mol. The molecule has 2 rings (SSSR count). The molecule has 0 saturated carbocycles. The van der Waals surface area contributed by atoms with Gasteiger partial charge in [-0.2, -0.15) is 0 Å². The lowest BCUT2D eigenvalue weighted by molar-refractivity contribution is -0.116. The lowest BCUT2D eigenvalue weighted by Gasteiger charge is -2.07. The highest BCUT2D eigenvalue weighted by molar-refractivity contribution is 6.22. The van der Waals surface area contributed by atoms with Gasteiger partial charge in [0.05, 0.1) is 11.1 Å². The predicted octanol–water partition coefficient (Wildman–Crippen LogP) is 1.03. The van der Waals surface area contributed by atoms with E-state index in [0.717, 1.165) is 6.42 Å². The molecule has 20 heavy (non-hydrogen) atoms. The standard InChI is InChI=1S/C14H17N3O3/c1-8(15)3-2-4-12(18)16-9-5-6-10-11(7-9)14(20)17-13(10)19/h5-8H,2-4,15H2,1H3,(H,16,18)(H,17,19,20). The molecule has 0 radical (unpaired) electrons. The number of nitrogens with two attached hydrogens (primary N) is 1. The molecular formula is C14H17N3O3. The molecule has 0 spiro atoms. The van der Waals surface area contributed by atoms with Gasteiger partial charge in [-0.05, 0) is 38.0 Å². The topological polar surface area (TPSA) is 101 Å². The summed E-state index contributed by atoms with van der Waals surface area (Å²) in [6, 6.07) is 4.74. The van der Waals surface area contributed by atoms with Gasteiger partial charge in [-0.1, -0.05) is 0 Å². The largest absolute Gasteiger partial charge is 0.328 e. The van der Waals surface area contributed by atoms with Gasteiger partial charge in [0.1, 0.15) is 0 Å². The number of amides is 3. The third kappa shape index (κ3) is 3.21. The van der Waals surface area contributed by atoms with E-state index in [-0.39, 0.29) is 11.9 Å². The van der Waals surface area contributed by atoms with E-state index in [0.29, 0.717) is 29.7 Å². The summed E-state index contributed by atoms with van der Waals surface area (Å²) in [7, 11) is 0. The number of nitrogens with one attached hydrogen (secondary N) is 2. The molecule has 6 nitrogen and oxygen atoms in total. The fourth-order valence-electron chi connectivity index (χ4n) is 2.05. The van der Waals surface area contributed by atoms with Gasteiger partial charge in [-0.15, -0.1) is 0 Å². The summed E-state index contributed by atoms with van der Waals surface area (Å²) in [5.41, 5.74) is 6.76. The van der Waals surface area contributed by atoms with Crippen LogP contribution in [0.15, 0.2) is 18.2 Å². The third-order valence-electron chi connectivity index (χ3n) is 3.08. The van der Waals surface area contributed by atoms with Gasteiger partial charge in [-0.25, -0.2) is 0 Å². The van der Waals surface area contributed by atoms with Crippen LogP contribution in [0.2, 0.25) is 0 Å². The van der Waals surface area contributed by atoms with Crippen LogP contribution < -0.4 is 16.4 Å². The molecule has 1 aromatic carbocycles. The molecule has 3 amide bonds. The Morgan fingerprint density at radius 2 is 2.00 bits per heavy atom. The van der Waals surface area contributed by atoms with Crippen molar-refractivity contribution in [1.29, 1.82) is 0 Å². The van der Waals surface area contributed by atoms with Gasteiger partial charge in [-0.3, -0.25) is 19.7 Å². The second kappa shape index (κ2) is 5.83. The van der Waals surface area contributed by atoms with Crippen molar-refractivity contribution in [2.45, 2.75) is 32.2 Å². The van der Waals surface area contributed by atoms with Crippen molar-refractivity contribution in [1.82, 2.24) is 5.32 Å². The highest BCUT2D eigenvalue weighted by atomic mass is 16.2. The molecule has 1 aromatic rings. The minimum atomic E-state index is -0.432. The summed E-state index contributed by atoms with van der Waals surface area (Å²) in [6.45, 7) is 1.90. The van der Waals surface area contributed by atoms with Crippen LogP contribution in [0.4, 0.5) is 5.69 Å². The second-order valence-electron chi connectivity index (χ2n) is 4.96. The van der Waals surface area contributed by atoms with Crippen molar-refractivity contribution in [2.75, 3.05) is 5.32 Å². The molecule has 1 atom stereocenters. The molecule has 0 aromatic heterocycles. The maximum absolute atomic E-state index is 11.7. The van der Waals surface area contributed by atoms with E-state index in [2.05, 4.69) is 10.6 Å². The first-order valence-corrected chi connectivity index (χ1v) is 6.52. The van der Waals surface area contributed by atoms with E-state index in [4.69, 9.17) is 5.73 Å². The van der Waals surface area contributed by atoms with Crippen LogP contribution in [0.25, 0.3) is 0 Å². The minimum absolute atomic E-state index is 0.0810. The fourth-order valence-corrected chi connectivity index (χ4v) is 2.05. The highest BCUT2D eigenvalue weighted by Crippen LogP contribution is 2.20. The zero-order valence-corrected chi connectivity index (χ0v) is 11.2. The molecule has 0 aliphatic carbocycles. The molecule has 0 saturated heterocycles. The van der Waals surface area contributed by atoms with Crippen molar-refractivity contribution in [3.63, 3.8) is 0 Å². The van der Waals surface area contributed by atoms with Crippen LogP contribution in [0.1, 0.15) is 46.9 Å². The molecule has 1 unspecified atom stereocenters. The second-order valence-corrected chi connectivity index (χ2v) is 4.96. The van der Waals surface area contributed by atoms with Crippen LogP contribution >= 0.6 is 0 Å². The van der Waals surface area contributed by atoms with E-state index < -0.39 is 11.8 Å². The molecule has 0 fully saturated rings. The number of fused-ring (bicyclic) bond motifs is 1. The highest BCUT2D eigenvalue weighted by Gasteiger charge is 2.26. The molecule has 1 aliphatic rings. The predicted molar refractivity (Wildman–Crippen MR) is 74.4 cm³/mol. The number of imide groups is 1. The Hall–Kier alpha value is -2.21. The van der Waals surface area contributed by atoms with Gasteiger partial charge in [0.15, 0.2) is 0 Å². The molecular weight excluding hydrogens is 258 g/mol. The smallest absolute Gasteiger partial charge is 0.259 e. The summed E-state index contributed by atoms with van der Waals surface area (Å²) < 4.78 is 0. The summed E-state index contributed by atoms with van der Waals surface area (Å²) in [5, 5.41) is 4.91. The summed E-state index contributed by atoms with van der Waals surface area (Å²) in [4.78, 5) is 34.6. The number of carbonyl (C=O) groups is 3. The Kier molecular flexibility index (Phi) is 4.14. The monoisotopic (exact) mass is 275 g/mol. The number of anilines is 1. The number of rotatable bonds is 5. The normalized spacial score (nSPS) is 14.7. The van der Waals surface area contributed by atoms with Crippen molar-refractivity contribution in [3.05, 3.63) is 29.3 Å². The Bertz CT molecular complexity index is 567. The number of benzene rings is 1. The van der Waals surface area contributed by atoms with E-state index in [1.807, 2.05) is 6.92 Å². The van der Waals surface area contributed by atoms with Crippen molar-refractivity contribution in [3.8, 4) is 0 Å². The fraction of sp³-hybridized carbons (Fsp3) is 0.357. The minimum Gasteiger partial charge on any atom is -0.328 e. The average Bonchev–Trinajstić information content (AvgIpc) is 2.64. The first kappa shape index (κ1) is 14.2. The van der Waals surface area contributed by atoms with Crippen LogP contribution in [0.5, 0.6) is 0 Å². The number of hydrogen-bond donors (Lipinski definition) is 3. The van der Waals surface area contributed by atoms with Crippen molar-refractivity contribution >= 4 is 23.4 Å². The van der Waals surface area contributed by atoms with Gasteiger partial charge in [0.2, 0.25) is 5.91 Å². The maximum atomic E-state index is 11.7. The Morgan fingerprint density at radius 3 is 2.70 bits per heavy atom.